The first-order chi connectivity index (χ1) is 19.9. The van der Waals surface area contributed by atoms with E-state index in [4.69, 9.17) is 10.5 Å². The molecule has 1 saturated heterocycles. The Morgan fingerprint density at radius 1 is 1.00 bits per heavy atom. The SMILES string of the molecule is CC1(c2ccc(C(=O)Nc3cccc(-c4nc(N)nc(Cc5ccc(N6CCOCC6)cc5)n4)c3CO)cc2)CC1. The molecule has 1 aliphatic carbocycles. The highest BCUT2D eigenvalue weighted by atomic mass is 16.5. The van der Waals surface area contributed by atoms with Crippen LogP contribution in [0.2, 0.25) is 0 Å². The smallest absolute Gasteiger partial charge is 0.255 e. The van der Waals surface area contributed by atoms with Gasteiger partial charge >= 0.3 is 0 Å². The molecule has 4 N–H and O–H groups in total. The highest BCUT2D eigenvalue weighted by molar-refractivity contribution is 6.05. The first kappa shape index (κ1) is 26.9. The van der Waals surface area contributed by atoms with Gasteiger partial charge < -0.3 is 25.8 Å². The number of ether oxygens (including phenoxy) is 1. The second-order valence-electron chi connectivity index (χ2n) is 11.0. The number of carbonyl (C=O) groups excluding carboxylic acids is 1. The Kier molecular flexibility index (Phi) is 7.38. The van der Waals surface area contributed by atoms with Gasteiger partial charge in [0, 0.05) is 47.6 Å². The van der Waals surface area contributed by atoms with E-state index in [1.54, 1.807) is 12.1 Å². The van der Waals surface area contributed by atoms with Crippen molar-refractivity contribution in [3.63, 3.8) is 0 Å². The number of morpholine rings is 1. The van der Waals surface area contributed by atoms with Crippen LogP contribution in [0.25, 0.3) is 11.4 Å². The van der Waals surface area contributed by atoms with Crippen LogP contribution in [0.4, 0.5) is 17.3 Å². The summed E-state index contributed by atoms with van der Waals surface area (Å²) in [4.78, 5) is 28.8. The second-order valence-corrected chi connectivity index (χ2v) is 11.0. The number of anilines is 3. The van der Waals surface area contributed by atoms with Crippen LogP contribution in [-0.4, -0.2) is 52.3 Å². The summed E-state index contributed by atoms with van der Waals surface area (Å²) >= 11 is 0. The van der Waals surface area contributed by atoms with Crippen LogP contribution in [-0.2, 0) is 23.2 Å². The van der Waals surface area contributed by atoms with Gasteiger partial charge in [0.1, 0.15) is 5.82 Å². The highest BCUT2D eigenvalue weighted by Crippen LogP contribution is 2.47. The van der Waals surface area contributed by atoms with E-state index >= 15 is 0 Å². The molecule has 1 amide bonds. The van der Waals surface area contributed by atoms with E-state index < -0.39 is 0 Å². The van der Waals surface area contributed by atoms with Gasteiger partial charge in [-0.05, 0) is 59.7 Å². The summed E-state index contributed by atoms with van der Waals surface area (Å²) < 4.78 is 5.45. The Labute approximate surface area is 239 Å². The molecule has 9 nitrogen and oxygen atoms in total. The Hall–Kier alpha value is -4.34. The number of aliphatic hydroxyl groups is 1. The number of nitrogens with one attached hydrogen (secondary N) is 1. The number of nitrogens with two attached hydrogens (primary N) is 1. The van der Waals surface area contributed by atoms with Crippen molar-refractivity contribution in [2.24, 2.45) is 0 Å². The Bertz CT molecular complexity index is 1550. The molecular weight excluding hydrogens is 516 g/mol. The molecule has 210 valence electrons. The van der Waals surface area contributed by atoms with Crippen molar-refractivity contribution in [1.29, 1.82) is 0 Å². The summed E-state index contributed by atoms with van der Waals surface area (Å²) in [6.45, 7) is 5.16. The predicted octanol–water partition coefficient (Wildman–Crippen LogP) is 4.34. The molecule has 0 unspecified atom stereocenters. The van der Waals surface area contributed by atoms with Crippen molar-refractivity contribution in [3.8, 4) is 11.4 Å². The second kappa shape index (κ2) is 11.3. The maximum Gasteiger partial charge on any atom is 0.255 e. The molecule has 4 aromatic rings. The highest BCUT2D eigenvalue weighted by Gasteiger charge is 2.38. The van der Waals surface area contributed by atoms with Gasteiger partial charge in [-0.3, -0.25) is 4.79 Å². The number of benzene rings is 3. The molecule has 2 aliphatic rings. The molecular formula is C32H34N6O3. The molecule has 0 bridgehead atoms. The number of nitrogens with zero attached hydrogens (tertiary/aromatic N) is 4. The number of hydrogen-bond donors (Lipinski definition) is 3. The van der Waals surface area contributed by atoms with Gasteiger partial charge in [-0.25, -0.2) is 4.98 Å². The van der Waals surface area contributed by atoms with Crippen molar-refractivity contribution in [1.82, 2.24) is 15.0 Å². The molecule has 3 aromatic carbocycles. The van der Waals surface area contributed by atoms with E-state index in [-0.39, 0.29) is 23.9 Å². The number of aliphatic hydroxyl groups excluding tert-OH is 1. The van der Waals surface area contributed by atoms with E-state index in [0.717, 1.165) is 37.6 Å². The number of carbonyl (C=O) groups is 1. The molecule has 0 spiro atoms. The largest absolute Gasteiger partial charge is 0.392 e. The standard InChI is InChI=1S/C32H34N6O3/c1-32(13-14-32)23-9-7-22(8-10-23)30(40)34-27-4-2-3-25(26(27)20-39)29-35-28(36-31(33)37-29)19-21-5-11-24(12-6-21)38-15-17-41-18-16-38/h2-12,39H,13-20H2,1H3,(H,34,40)(H2,33,35,36,37). The summed E-state index contributed by atoms with van der Waals surface area (Å²) in [5, 5.41) is 13.3. The van der Waals surface area contributed by atoms with E-state index in [1.807, 2.05) is 30.3 Å². The van der Waals surface area contributed by atoms with Crippen LogP contribution in [0.5, 0.6) is 0 Å². The van der Waals surface area contributed by atoms with Gasteiger partial charge in [-0.15, -0.1) is 0 Å². The zero-order valence-corrected chi connectivity index (χ0v) is 23.1. The van der Waals surface area contributed by atoms with Crippen LogP contribution < -0.4 is 16.0 Å². The minimum absolute atomic E-state index is 0.0951. The Morgan fingerprint density at radius 2 is 1.73 bits per heavy atom. The van der Waals surface area contributed by atoms with Gasteiger partial charge in [-0.1, -0.05) is 43.3 Å². The van der Waals surface area contributed by atoms with Gasteiger partial charge in [0.2, 0.25) is 5.95 Å². The normalized spacial score (nSPS) is 15.9. The minimum Gasteiger partial charge on any atom is -0.392 e. The van der Waals surface area contributed by atoms with Crippen LogP contribution in [0, 0.1) is 0 Å². The molecule has 41 heavy (non-hydrogen) atoms. The Balaban J connectivity index is 1.21. The van der Waals surface area contributed by atoms with Gasteiger partial charge in [0.15, 0.2) is 5.82 Å². The van der Waals surface area contributed by atoms with Crippen molar-refractivity contribution in [2.75, 3.05) is 42.3 Å². The first-order valence-electron chi connectivity index (χ1n) is 14.0. The third-order valence-corrected chi connectivity index (χ3v) is 8.04. The van der Waals surface area contributed by atoms with Crippen LogP contribution >= 0.6 is 0 Å². The van der Waals surface area contributed by atoms with Crippen LogP contribution in [0.15, 0.2) is 66.7 Å². The molecule has 1 aromatic heterocycles. The number of amides is 1. The van der Waals surface area contributed by atoms with Crippen LogP contribution in [0.3, 0.4) is 0 Å². The summed E-state index contributed by atoms with van der Waals surface area (Å²) in [5.41, 5.74) is 11.9. The van der Waals surface area contributed by atoms with Gasteiger partial charge in [-0.2, -0.15) is 9.97 Å². The minimum atomic E-state index is -0.312. The third kappa shape index (κ3) is 5.91. The van der Waals surface area contributed by atoms with Gasteiger partial charge in [0.25, 0.3) is 5.91 Å². The van der Waals surface area contributed by atoms with E-state index in [0.29, 0.717) is 40.4 Å². The number of aromatic nitrogens is 3. The predicted molar refractivity (Wildman–Crippen MR) is 159 cm³/mol. The van der Waals surface area contributed by atoms with Crippen molar-refractivity contribution in [3.05, 3.63) is 94.8 Å². The van der Waals surface area contributed by atoms with E-state index in [2.05, 4.69) is 56.4 Å². The maximum atomic E-state index is 13.1. The average molecular weight is 551 g/mol. The topological polar surface area (TPSA) is 126 Å². The fourth-order valence-corrected chi connectivity index (χ4v) is 5.24. The fourth-order valence-electron chi connectivity index (χ4n) is 5.24. The first-order valence-corrected chi connectivity index (χ1v) is 14.0. The summed E-state index contributed by atoms with van der Waals surface area (Å²) in [7, 11) is 0. The zero-order valence-electron chi connectivity index (χ0n) is 23.1. The zero-order chi connectivity index (χ0) is 28.4. The van der Waals surface area contributed by atoms with Crippen molar-refractivity contribution < 1.29 is 14.6 Å². The Morgan fingerprint density at radius 3 is 2.41 bits per heavy atom. The lowest BCUT2D eigenvalue weighted by Gasteiger charge is -2.28. The number of rotatable bonds is 8. The van der Waals surface area contributed by atoms with Crippen molar-refractivity contribution in [2.45, 2.75) is 38.2 Å². The number of nitrogen functional groups attached to an aromatic ring is 1. The lowest BCUT2D eigenvalue weighted by molar-refractivity contribution is 0.102. The average Bonchev–Trinajstić information content (AvgIpc) is 3.76. The van der Waals surface area contributed by atoms with E-state index in [9.17, 15) is 9.90 Å². The molecule has 2 heterocycles. The molecule has 1 aliphatic heterocycles. The third-order valence-electron chi connectivity index (χ3n) is 8.04. The molecule has 0 atom stereocenters. The summed E-state index contributed by atoms with van der Waals surface area (Å²) in [6.07, 6.45) is 2.83. The molecule has 2 fully saturated rings. The van der Waals surface area contributed by atoms with Crippen molar-refractivity contribution >= 4 is 23.2 Å². The lowest BCUT2D eigenvalue weighted by atomic mass is 9.97. The quantitative estimate of drug-likeness (QED) is 0.296. The van der Waals surface area contributed by atoms with Crippen LogP contribution in [0.1, 0.15) is 52.6 Å². The monoisotopic (exact) mass is 550 g/mol. The number of hydrogen-bond acceptors (Lipinski definition) is 8. The summed E-state index contributed by atoms with van der Waals surface area (Å²) in [6, 6.07) is 21.4. The fraction of sp³-hybridized carbons (Fsp3) is 0.312. The molecule has 1 saturated carbocycles. The molecule has 9 heteroatoms. The molecule has 0 radical (unpaired) electrons. The molecule has 6 rings (SSSR count). The lowest BCUT2D eigenvalue weighted by Crippen LogP contribution is -2.36. The van der Waals surface area contributed by atoms with E-state index in [1.165, 1.54) is 18.4 Å². The maximum absolute atomic E-state index is 13.1. The summed E-state index contributed by atoms with van der Waals surface area (Å²) in [5.74, 6) is 0.715. The van der Waals surface area contributed by atoms with Gasteiger partial charge in [0.05, 0.1) is 19.8 Å².